The summed E-state index contributed by atoms with van der Waals surface area (Å²) in [4.78, 5) is 2.84. The van der Waals surface area contributed by atoms with Crippen LogP contribution in [0.3, 0.4) is 0 Å². The van der Waals surface area contributed by atoms with Gasteiger partial charge in [0.2, 0.25) is 0 Å². The van der Waals surface area contributed by atoms with Gasteiger partial charge in [-0.15, -0.1) is 0 Å². The van der Waals surface area contributed by atoms with Gasteiger partial charge >= 0.3 is 0 Å². The number of hydrogen-bond acceptors (Lipinski definition) is 2. The van der Waals surface area contributed by atoms with Gasteiger partial charge in [-0.1, -0.05) is 0 Å². The number of piperidine rings is 1. The highest BCUT2D eigenvalue weighted by molar-refractivity contribution is 5.04. The molecule has 2 aliphatic heterocycles. The molecular weight excluding hydrogens is 232 g/mol. The molecule has 2 nitrogen and oxygen atoms in total. The molecular formula is C17H28N2. The van der Waals surface area contributed by atoms with Crippen LogP contribution in [-0.4, -0.2) is 36.6 Å². The van der Waals surface area contributed by atoms with Gasteiger partial charge in [-0.3, -0.25) is 4.90 Å². The molecule has 1 N–H and O–H groups in total. The van der Waals surface area contributed by atoms with Crippen molar-refractivity contribution in [2.45, 2.75) is 63.5 Å². The zero-order valence-corrected chi connectivity index (χ0v) is 12.1. The lowest BCUT2D eigenvalue weighted by molar-refractivity contribution is -0.0788. The number of fused-ring (bicyclic) bond motifs is 2. The highest BCUT2D eigenvalue weighted by atomic mass is 15.3. The lowest BCUT2D eigenvalue weighted by atomic mass is 9.49. The summed E-state index contributed by atoms with van der Waals surface area (Å²) in [5, 5.41) is 3.57. The van der Waals surface area contributed by atoms with Crippen molar-refractivity contribution in [2.75, 3.05) is 19.6 Å². The second-order valence-corrected chi connectivity index (χ2v) is 8.61. The van der Waals surface area contributed by atoms with Gasteiger partial charge in [0.05, 0.1) is 0 Å². The van der Waals surface area contributed by atoms with Crippen molar-refractivity contribution in [3.8, 4) is 0 Å². The summed E-state index contributed by atoms with van der Waals surface area (Å²) in [5.74, 6) is 3.39. The maximum absolute atomic E-state index is 3.57. The van der Waals surface area contributed by atoms with E-state index in [1.165, 1.54) is 32.5 Å². The molecule has 4 saturated carbocycles. The highest BCUT2D eigenvalue weighted by Gasteiger charge is 2.51. The smallest absolute Gasteiger partial charge is 0.0239 e. The fourth-order valence-corrected chi connectivity index (χ4v) is 6.89. The summed E-state index contributed by atoms with van der Waals surface area (Å²) >= 11 is 0. The monoisotopic (exact) mass is 260 g/mol. The average molecular weight is 260 g/mol. The van der Waals surface area contributed by atoms with Crippen molar-refractivity contribution < 1.29 is 0 Å². The molecule has 6 bridgehead atoms. The minimum Gasteiger partial charge on any atom is -0.314 e. The minimum absolute atomic E-state index is 0.798. The first-order chi connectivity index (χ1) is 9.30. The number of hydrogen-bond donors (Lipinski definition) is 1. The van der Waals surface area contributed by atoms with Crippen LogP contribution in [0.2, 0.25) is 0 Å². The number of nitrogens with one attached hydrogen (secondary N) is 1. The zero-order chi connectivity index (χ0) is 12.4. The average Bonchev–Trinajstić information content (AvgIpc) is 2.37. The Morgan fingerprint density at radius 3 is 1.95 bits per heavy atom. The molecule has 106 valence electrons. The predicted molar refractivity (Wildman–Crippen MR) is 77.0 cm³/mol. The van der Waals surface area contributed by atoms with Crippen LogP contribution in [0, 0.1) is 23.2 Å². The van der Waals surface area contributed by atoms with E-state index >= 15 is 0 Å². The molecule has 2 heterocycles. The molecule has 2 unspecified atom stereocenters. The molecule has 6 rings (SSSR count). The van der Waals surface area contributed by atoms with Crippen LogP contribution in [-0.2, 0) is 0 Å². The van der Waals surface area contributed by atoms with E-state index < -0.39 is 0 Å². The summed E-state index contributed by atoms with van der Waals surface area (Å²) in [6.45, 7) is 3.94. The Morgan fingerprint density at radius 1 is 0.842 bits per heavy atom. The van der Waals surface area contributed by atoms with Gasteiger partial charge < -0.3 is 5.32 Å². The number of rotatable bonds is 3. The Hall–Kier alpha value is -0.0800. The van der Waals surface area contributed by atoms with E-state index in [0.717, 1.165) is 35.3 Å². The van der Waals surface area contributed by atoms with Crippen molar-refractivity contribution in [2.24, 2.45) is 23.2 Å². The molecule has 0 radical (unpaired) electrons. The summed E-state index contributed by atoms with van der Waals surface area (Å²) in [6, 6.07) is 1.79. The van der Waals surface area contributed by atoms with Gasteiger partial charge in [0.25, 0.3) is 0 Å². The first kappa shape index (κ1) is 11.6. The Morgan fingerprint density at radius 2 is 1.42 bits per heavy atom. The van der Waals surface area contributed by atoms with E-state index in [1.54, 1.807) is 38.5 Å². The molecule has 2 atom stereocenters. The second kappa shape index (κ2) is 3.98. The SMILES string of the molecule is C1C2CC3CC1CC(CCN1C4CNCC1C4)(C2)C3. The van der Waals surface area contributed by atoms with Crippen molar-refractivity contribution in [1.82, 2.24) is 10.2 Å². The van der Waals surface area contributed by atoms with Gasteiger partial charge in [0.15, 0.2) is 0 Å². The van der Waals surface area contributed by atoms with Gasteiger partial charge in [0.1, 0.15) is 0 Å². The molecule has 0 aromatic rings. The Bertz CT molecular complexity index is 328. The molecule has 6 aliphatic rings. The second-order valence-electron chi connectivity index (χ2n) is 8.61. The Kier molecular flexibility index (Phi) is 2.42. The minimum atomic E-state index is 0.798. The Balaban J connectivity index is 1.27. The largest absolute Gasteiger partial charge is 0.314 e. The van der Waals surface area contributed by atoms with Crippen LogP contribution in [0.25, 0.3) is 0 Å². The van der Waals surface area contributed by atoms with Crippen LogP contribution >= 0.6 is 0 Å². The zero-order valence-electron chi connectivity index (χ0n) is 12.1. The van der Waals surface area contributed by atoms with E-state index in [4.69, 9.17) is 0 Å². The third-order valence-corrected chi connectivity index (χ3v) is 7.31. The highest BCUT2D eigenvalue weighted by Crippen LogP contribution is 2.61. The quantitative estimate of drug-likeness (QED) is 0.839. The molecule has 2 heteroatoms. The maximum Gasteiger partial charge on any atom is 0.0239 e. The maximum atomic E-state index is 3.57. The van der Waals surface area contributed by atoms with Gasteiger partial charge in [-0.25, -0.2) is 0 Å². The van der Waals surface area contributed by atoms with E-state index in [2.05, 4.69) is 10.2 Å². The standard InChI is InChI=1S/C17H28N2/c1(2-19-15-6-16(19)11-18-10-15)17-7-12-3-13(8-17)5-14(4-12)9-17/h12-16,18H,1-11H2. The number of nitrogens with zero attached hydrogens (tertiary/aromatic N) is 1. The molecule has 6 fully saturated rings. The summed E-state index contributed by atoms with van der Waals surface area (Å²) in [5.41, 5.74) is 0.798. The van der Waals surface area contributed by atoms with Crippen LogP contribution in [0.1, 0.15) is 51.4 Å². The molecule has 0 aromatic carbocycles. The van der Waals surface area contributed by atoms with Crippen LogP contribution in [0.15, 0.2) is 0 Å². The number of piperazine rings is 1. The van der Waals surface area contributed by atoms with Crippen molar-refractivity contribution in [1.29, 1.82) is 0 Å². The topological polar surface area (TPSA) is 15.3 Å². The van der Waals surface area contributed by atoms with E-state index in [1.807, 2.05) is 0 Å². The third kappa shape index (κ3) is 1.75. The Labute approximate surface area is 117 Å². The van der Waals surface area contributed by atoms with Gasteiger partial charge in [-0.05, 0) is 81.1 Å². The fraction of sp³-hybridized carbons (Fsp3) is 1.00. The van der Waals surface area contributed by atoms with Crippen molar-refractivity contribution >= 4 is 0 Å². The summed E-state index contributed by atoms with van der Waals surface area (Å²) in [7, 11) is 0. The lowest BCUT2D eigenvalue weighted by Gasteiger charge is -2.59. The lowest BCUT2D eigenvalue weighted by Crippen LogP contribution is -2.68. The molecule has 0 aromatic heterocycles. The normalized spacial score (nSPS) is 55.3. The van der Waals surface area contributed by atoms with Gasteiger partial charge in [-0.2, -0.15) is 0 Å². The summed E-state index contributed by atoms with van der Waals surface area (Å²) < 4.78 is 0. The van der Waals surface area contributed by atoms with Crippen LogP contribution < -0.4 is 5.32 Å². The van der Waals surface area contributed by atoms with E-state index in [-0.39, 0.29) is 0 Å². The fourth-order valence-electron chi connectivity index (χ4n) is 6.89. The molecule has 0 amide bonds. The molecule has 19 heavy (non-hydrogen) atoms. The molecule has 0 spiro atoms. The van der Waals surface area contributed by atoms with Gasteiger partial charge in [0, 0.05) is 25.2 Å². The molecule has 2 saturated heterocycles. The van der Waals surface area contributed by atoms with Crippen molar-refractivity contribution in [3.63, 3.8) is 0 Å². The first-order valence-electron chi connectivity index (χ1n) is 8.76. The predicted octanol–water partition coefficient (Wildman–Crippen LogP) is 2.64. The van der Waals surface area contributed by atoms with E-state index in [9.17, 15) is 0 Å². The third-order valence-electron chi connectivity index (χ3n) is 7.31. The first-order valence-corrected chi connectivity index (χ1v) is 8.76. The van der Waals surface area contributed by atoms with Crippen LogP contribution in [0.5, 0.6) is 0 Å². The molecule has 4 aliphatic carbocycles. The van der Waals surface area contributed by atoms with Crippen LogP contribution in [0.4, 0.5) is 0 Å². The van der Waals surface area contributed by atoms with Crippen molar-refractivity contribution in [3.05, 3.63) is 0 Å². The van der Waals surface area contributed by atoms with E-state index in [0.29, 0.717) is 0 Å². The summed E-state index contributed by atoms with van der Waals surface area (Å²) in [6.07, 6.45) is 12.6.